The quantitative estimate of drug-likeness (QED) is 0.707. The molecule has 6 nitrogen and oxygen atoms in total. The van der Waals surface area contributed by atoms with Crippen LogP contribution >= 0.6 is 0 Å². The highest BCUT2D eigenvalue weighted by atomic mass is 32.2. The average Bonchev–Trinajstić information content (AvgIpc) is 2.73. The van der Waals surface area contributed by atoms with Gasteiger partial charge in [-0.1, -0.05) is 37.5 Å². The number of nitrogens with one attached hydrogen (secondary N) is 1. The fourth-order valence-electron chi connectivity index (χ4n) is 4.07. The van der Waals surface area contributed by atoms with E-state index in [0.29, 0.717) is 43.5 Å². The lowest BCUT2D eigenvalue weighted by Crippen LogP contribution is -2.51. The average molecular weight is 406 g/mol. The van der Waals surface area contributed by atoms with E-state index in [0.717, 1.165) is 0 Å². The number of sulfonamides is 1. The summed E-state index contributed by atoms with van der Waals surface area (Å²) in [6.45, 7) is 6.23. The first-order chi connectivity index (χ1) is 13.5. The molecule has 0 atom stereocenters. The second-order valence-electron chi connectivity index (χ2n) is 7.68. The monoisotopic (exact) mass is 405 g/mol. The van der Waals surface area contributed by atoms with Gasteiger partial charge in [0.05, 0.1) is 11.4 Å². The zero-order valence-electron chi connectivity index (χ0n) is 16.5. The number of piperazine rings is 1. The van der Waals surface area contributed by atoms with Gasteiger partial charge in [0.15, 0.2) is 0 Å². The lowest BCUT2D eigenvalue weighted by Gasteiger charge is -2.33. The van der Waals surface area contributed by atoms with E-state index < -0.39 is 10.0 Å². The van der Waals surface area contributed by atoms with E-state index in [-0.39, 0.29) is 12.5 Å². The number of rotatable bonds is 7. The molecule has 1 saturated carbocycles. The second kappa shape index (κ2) is 9.67. The molecule has 1 aromatic carbocycles. The number of nitrogens with zero attached hydrogens (tertiary/aromatic N) is 2. The van der Waals surface area contributed by atoms with Crippen LogP contribution in [0.25, 0.3) is 0 Å². The minimum atomic E-state index is -3.48. The molecule has 1 amide bonds. The van der Waals surface area contributed by atoms with Crippen molar-refractivity contribution < 1.29 is 13.2 Å². The Morgan fingerprint density at radius 2 is 1.71 bits per heavy atom. The van der Waals surface area contributed by atoms with Crippen LogP contribution in [0.4, 0.5) is 0 Å². The van der Waals surface area contributed by atoms with Crippen LogP contribution in [0.3, 0.4) is 0 Å². The standard InChI is InChI=1S/C21H31N3O3S/c1-2-12-22-21(25)17-23-13-15-24(16-14-23)28(26,27)20-10-8-19(9-11-20)18-6-4-3-5-7-18/h2,8-11,18H,1,3-7,12-17H2,(H,22,25). The maximum atomic E-state index is 13.0. The molecule has 0 radical (unpaired) electrons. The highest BCUT2D eigenvalue weighted by Crippen LogP contribution is 2.33. The van der Waals surface area contributed by atoms with Crippen LogP contribution < -0.4 is 5.32 Å². The van der Waals surface area contributed by atoms with Crippen LogP contribution in [0.1, 0.15) is 43.6 Å². The zero-order chi connectivity index (χ0) is 20.0. The van der Waals surface area contributed by atoms with Gasteiger partial charge in [-0.3, -0.25) is 9.69 Å². The molecule has 0 bridgehead atoms. The lowest BCUT2D eigenvalue weighted by molar-refractivity contribution is -0.122. The lowest BCUT2D eigenvalue weighted by atomic mass is 9.84. The molecule has 1 aliphatic heterocycles. The first-order valence-electron chi connectivity index (χ1n) is 10.2. The van der Waals surface area contributed by atoms with Gasteiger partial charge in [-0.05, 0) is 36.5 Å². The Bertz CT molecular complexity index is 763. The van der Waals surface area contributed by atoms with Gasteiger partial charge in [-0.25, -0.2) is 8.42 Å². The fraction of sp³-hybridized carbons (Fsp3) is 0.571. The van der Waals surface area contributed by atoms with E-state index >= 15 is 0 Å². The summed E-state index contributed by atoms with van der Waals surface area (Å²) in [7, 11) is -3.48. The van der Waals surface area contributed by atoms with E-state index in [2.05, 4.69) is 11.9 Å². The Hall–Kier alpha value is -1.70. The molecule has 2 fully saturated rings. The van der Waals surface area contributed by atoms with E-state index in [1.54, 1.807) is 18.2 Å². The van der Waals surface area contributed by atoms with Crippen LogP contribution in [0, 0.1) is 0 Å². The molecule has 0 spiro atoms. The number of hydrogen-bond acceptors (Lipinski definition) is 4. The van der Waals surface area contributed by atoms with Gasteiger partial charge in [0, 0.05) is 32.7 Å². The van der Waals surface area contributed by atoms with Crippen LogP contribution in [0.15, 0.2) is 41.8 Å². The van der Waals surface area contributed by atoms with E-state index in [1.807, 2.05) is 17.0 Å². The molecule has 1 saturated heterocycles. The van der Waals surface area contributed by atoms with Crippen LogP contribution in [-0.2, 0) is 14.8 Å². The first kappa shape index (κ1) is 21.0. The van der Waals surface area contributed by atoms with Gasteiger partial charge in [0.2, 0.25) is 15.9 Å². The summed E-state index contributed by atoms with van der Waals surface area (Å²) < 4.78 is 27.5. The molecule has 154 valence electrons. The Kier molecular flexibility index (Phi) is 7.26. The number of benzene rings is 1. The van der Waals surface area contributed by atoms with Crippen molar-refractivity contribution in [1.29, 1.82) is 0 Å². The summed E-state index contributed by atoms with van der Waals surface area (Å²) >= 11 is 0. The van der Waals surface area contributed by atoms with Crippen molar-refractivity contribution in [2.75, 3.05) is 39.3 Å². The molecule has 1 heterocycles. The molecule has 7 heteroatoms. The Labute approximate surface area is 168 Å². The third-order valence-corrected chi connectivity index (χ3v) is 7.65. The number of carbonyl (C=O) groups excluding carboxylic acids is 1. The predicted octanol–water partition coefficient (Wildman–Crippen LogP) is 2.34. The van der Waals surface area contributed by atoms with Gasteiger partial charge >= 0.3 is 0 Å². The molecular weight excluding hydrogens is 374 g/mol. The normalized spacial score (nSPS) is 20.0. The molecular formula is C21H31N3O3S. The molecule has 28 heavy (non-hydrogen) atoms. The Morgan fingerprint density at radius 3 is 2.32 bits per heavy atom. The molecule has 0 unspecified atom stereocenters. The van der Waals surface area contributed by atoms with Crippen molar-refractivity contribution in [2.24, 2.45) is 0 Å². The number of hydrogen-bond donors (Lipinski definition) is 1. The third-order valence-electron chi connectivity index (χ3n) is 5.74. The molecule has 1 N–H and O–H groups in total. The van der Waals surface area contributed by atoms with E-state index in [1.165, 1.54) is 42.0 Å². The van der Waals surface area contributed by atoms with Crippen molar-refractivity contribution in [2.45, 2.75) is 42.9 Å². The van der Waals surface area contributed by atoms with Gasteiger partial charge in [0.25, 0.3) is 0 Å². The highest BCUT2D eigenvalue weighted by Gasteiger charge is 2.29. The minimum absolute atomic E-state index is 0.0606. The van der Waals surface area contributed by atoms with Gasteiger partial charge in [-0.2, -0.15) is 4.31 Å². The van der Waals surface area contributed by atoms with Crippen molar-refractivity contribution >= 4 is 15.9 Å². The SMILES string of the molecule is C=CCNC(=O)CN1CCN(S(=O)(=O)c2ccc(C3CCCCC3)cc2)CC1. The van der Waals surface area contributed by atoms with Crippen LogP contribution in [-0.4, -0.2) is 62.8 Å². The first-order valence-corrected chi connectivity index (χ1v) is 11.6. The summed E-state index contributed by atoms with van der Waals surface area (Å²) in [6, 6.07) is 7.49. The summed E-state index contributed by atoms with van der Waals surface area (Å²) in [5.41, 5.74) is 1.26. The highest BCUT2D eigenvalue weighted by molar-refractivity contribution is 7.89. The molecule has 2 aliphatic rings. The summed E-state index contributed by atoms with van der Waals surface area (Å²) in [5.74, 6) is 0.510. The van der Waals surface area contributed by atoms with Crippen molar-refractivity contribution in [3.8, 4) is 0 Å². The van der Waals surface area contributed by atoms with Crippen molar-refractivity contribution in [3.63, 3.8) is 0 Å². The predicted molar refractivity (Wildman–Crippen MR) is 111 cm³/mol. The van der Waals surface area contributed by atoms with Gasteiger partial charge in [0.1, 0.15) is 0 Å². The van der Waals surface area contributed by atoms with Crippen LogP contribution in [0.5, 0.6) is 0 Å². The molecule has 0 aromatic heterocycles. The van der Waals surface area contributed by atoms with E-state index in [4.69, 9.17) is 0 Å². The molecule has 1 aromatic rings. The summed E-state index contributed by atoms with van der Waals surface area (Å²) in [4.78, 5) is 14.1. The fourth-order valence-corrected chi connectivity index (χ4v) is 5.49. The Morgan fingerprint density at radius 1 is 1.07 bits per heavy atom. The number of carbonyl (C=O) groups is 1. The van der Waals surface area contributed by atoms with Gasteiger partial charge in [-0.15, -0.1) is 6.58 Å². The smallest absolute Gasteiger partial charge is 0.243 e. The topological polar surface area (TPSA) is 69.7 Å². The van der Waals surface area contributed by atoms with Crippen molar-refractivity contribution in [1.82, 2.24) is 14.5 Å². The summed E-state index contributed by atoms with van der Waals surface area (Å²) in [6.07, 6.45) is 7.89. The van der Waals surface area contributed by atoms with Crippen LogP contribution in [0.2, 0.25) is 0 Å². The minimum Gasteiger partial charge on any atom is -0.352 e. The Balaban J connectivity index is 1.56. The molecule has 1 aliphatic carbocycles. The largest absolute Gasteiger partial charge is 0.352 e. The maximum Gasteiger partial charge on any atom is 0.243 e. The van der Waals surface area contributed by atoms with E-state index in [9.17, 15) is 13.2 Å². The second-order valence-corrected chi connectivity index (χ2v) is 9.61. The third kappa shape index (κ3) is 5.21. The summed E-state index contributed by atoms with van der Waals surface area (Å²) in [5, 5.41) is 2.75. The maximum absolute atomic E-state index is 13.0. The zero-order valence-corrected chi connectivity index (χ0v) is 17.3. The number of amides is 1. The van der Waals surface area contributed by atoms with Gasteiger partial charge < -0.3 is 5.32 Å². The van der Waals surface area contributed by atoms with Crippen molar-refractivity contribution in [3.05, 3.63) is 42.5 Å². The molecule has 3 rings (SSSR count).